The molecule has 5 atom stereocenters. The third-order valence-electron chi connectivity index (χ3n) is 2.69. The molecule has 0 aliphatic carbocycles. The van der Waals surface area contributed by atoms with Crippen molar-refractivity contribution in [1.29, 1.82) is 0 Å². The van der Waals surface area contributed by atoms with Crippen LogP contribution in [0.5, 0.6) is 0 Å². The van der Waals surface area contributed by atoms with Gasteiger partial charge in [-0.15, -0.1) is 0 Å². The minimum Gasteiger partial charge on any atom is -0.388 e. The summed E-state index contributed by atoms with van der Waals surface area (Å²) in [6, 6.07) is 0. The summed E-state index contributed by atoms with van der Waals surface area (Å²) in [5, 5.41) is 12.5. The summed E-state index contributed by atoms with van der Waals surface area (Å²) in [5.41, 5.74) is 0. The second kappa shape index (κ2) is 4.73. The molecule has 2 fully saturated rings. The summed E-state index contributed by atoms with van der Waals surface area (Å²) in [7, 11) is 3.26. The van der Waals surface area contributed by atoms with Gasteiger partial charge in [-0.1, -0.05) is 0 Å². The fraction of sp³-hybridized carbons (Fsp3) is 1.00. The standard InChI is InChI=1S/C9H17NO5/c1-10-9-13-4-7-6(15-9)3-5(11)8(12-2)14-7/h5-11H,3-4H2,1-2H3/t5?,6-,7?,8-,9?/m0/s1. The van der Waals surface area contributed by atoms with Gasteiger partial charge in [0.05, 0.1) is 12.7 Å². The normalized spacial score (nSPS) is 46.2. The van der Waals surface area contributed by atoms with Gasteiger partial charge in [0.2, 0.25) is 6.41 Å². The number of hydrogen-bond acceptors (Lipinski definition) is 6. The molecule has 0 spiro atoms. The molecule has 0 radical (unpaired) electrons. The number of rotatable bonds is 2. The van der Waals surface area contributed by atoms with E-state index in [1.807, 2.05) is 0 Å². The van der Waals surface area contributed by atoms with E-state index in [1.54, 1.807) is 7.05 Å². The van der Waals surface area contributed by atoms with Gasteiger partial charge in [-0.3, -0.25) is 5.32 Å². The highest BCUT2D eigenvalue weighted by Crippen LogP contribution is 2.27. The Labute approximate surface area is 88.4 Å². The molecule has 0 aromatic carbocycles. The number of nitrogens with one attached hydrogen (secondary N) is 1. The third kappa shape index (κ3) is 2.30. The summed E-state index contributed by atoms with van der Waals surface area (Å²) in [5.74, 6) is 0. The molecule has 2 saturated heterocycles. The van der Waals surface area contributed by atoms with Crippen molar-refractivity contribution in [2.45, 2.75) is 37.4 Å². The lowest BCUT2D eigenvalue weighted by Gasteiger charge is -2.43. The van der Waals surface area contributed by atoms with Crippen molar-refractivity contribution in [2.75, 3.05) is 20.8 Å². The first-order valence-electron chi connectivity index (χ1n) is 5.05. The second-order valence-electron chi connectivity index (χ2n) is 3.71. The maximum absolute atomic E-state index is 9.68. The van der Waals surface area contributed by atoms with Gasteiger partial charge in [0.1, 0.15) is 12.2 Å². The number of ether oxygens (including phenoxy) is 4. The molecule has 88 valence electrons. The second-order valence-corrected chi connectivity index (χ2v) is 3.71. The lowest BCUT2D eigenvalue weighted by atomic mass is 10.0. The number of fused-ring (bicyclic) bond motifs is 1. The van der Waals surface area contributed by atoms with Crippen LogP contribution in [0.4, 0.5) is 0 Å². The average Bonchev–Trinajstić information content (AvgIpc) is 2.27. The Kier molecular flexibility index (Phi) is 3.55. The van der Waals surface area contributed by atoms with Gasteiger partial charge in [-0.25, -0.2) is 0 Å². The van der Waals surface area contributed by atoms with E-state index < -0.39 is 18.8 Å². The van der Waals surface area contributed by atoms with Gasteiger partial charge in [0.25, 0.3) is 0 Å². The summed E-state index contributed by atoms with van der Waals surface area (Å²) in [6.07, 6.45) is -1.44. The maximum Gasteiger partial charge on any atom is 0.216 e. The fourth-order valence-electron chi connectivity index (χ4n) is 1.89. The van der Waals surface area contributed by atoms with E-state index in [2.05, 4.69) is 5.32 Å². The minimum atomic E-state index is -0.646. The van der Waals surface area contributed by atoms with Crippen LogP contribution in [0.2, 0.25) is 0 Å². The van der Waals surface area contributed by atoms with Gasteiger partial charge >= 0.3 is 0 Å². The van der Waals surface area contributed by atoms with Crippen LogP contribution >= 0.6 is 0 Å². The predicted molar refractivity (Wildman–Crippen MR) is 50.0 cm³/mol. The minimum absolute atomic E-state index is 0.141. The summed E-state index contributed by atoms with van der Waals surface area (Å²) < 4.78 is 21.4. The van der Waals surface area contributed by atoms with Gasteiger partial charge in [-0.2, -0.15) is 0 Å². The van der Waals surface area contributed by atoms with E-state index in [0.717, 1.165) is 0 Å². The molecule has 2 aliphatic rings. The fourth-order valence-corrected chi connectivity index (χ4v) is 1.89. The first-order chi connectivity index (χ1) is 7.24. The van der Waals surface area contributed by atoms with Crippen molar-refractivity contribution < 1.29 is 24.1 Å². The maximum atomic E-state index is 9.68. The average molecular weight is 219 g/mol. The molecule has 0 saturated carbocycles. The van der Waals surface area contributed by atoms with E-state index in [0.29, 0.717) is 13.0 Å². The zero-order valence-corrected chi connectivity index (χ0v) is 8.88. The van der Waals surface area contributed by atoms with Crippen LogP contribution in [0.3, 0.4) is 0 Å². The molecule has 0 bridgehead atoms. The largest absolute Gasteiger partial charge is 0.388 e. The Balaban J connectivity index is 1.94. The quantitative estimate of drug-likeness (QED) is 0.622. The van der Waals surface area contributed by atoms with E-state index in [9.17, 15) is 5.11 Å². The highest BCUT2D eigenvalue weighted by Gasteiger charge is 2.42. The van der Waals surface area contributed by atoms with Crippen LogP contribution in [0.25, 0.3) is 0 Å². The first-order valence-corrected chi connectivity index (χ1v) is 5.05. The van der Waals surface area contributed by atoms with Gasteiger partial charge < -0.3 is 24.1 Å². The number of methoxy groups -OCH3 is 1. The molecule has 0 aromatic heterocycles. The zero-order chi connectivity index (χ0) is 10.8. The lowest BCUT2D eigenvalue weighted by Crippen LogP contribution is -2.56. The molecule has 2 heterocycles. The summed E-state index contributed by atoms with van der Waals surface area (Å²) in [4.78, 5) is 0. The van der Waals surface area contributed by atoms with Gasteiger partial charge in [-0.05, 0) is 7.05 Å². The molecule has 15 heavy (non-hydrogen) atoms. The van der Waals surface area contributed by atoms with Crippen molar-refractivity contribution in [3.8, 4) is 0 Å². The Hall–Kier alpha value is -0.240. The Morgan fingerprint density at radius 1 is 1.33 bits per heavy atom. The summed E-state index contributed by atoms with van der Waals surface area (Å²) >= 11 is 0. The Morgan fingerprint density at radius 3 is 2.80 bits per heavy atom. The predicted octanol–water partition coefficient (Wildman–Crippen LogP) is -0.973. The van der Waals surface area contributed by atoms with Crippen LogP contribution in [-0.4, -0.2) is 56.9 Å². The molecule has 3 unspecified atom stereocenters. The molecular weight excluding hydrogens is 202 g/mol. The van der Waals surface area contributed by atoms with Crippen LogP contribution in [0.1, 0.15) is 6.42 Å². The van der Waals surface area contributed by atoms with Crippen LogP contribution in [-0.2, 0) is 18.9 Å². The van der Waals surface area contributed by atoms with E-state index in [4.69, 9.17) is 18.9 Å². The van der Waals surface area contributed by atoms with E-state index >= 15 is 0 Å². The monoisotopic (exact) mass is 219 g/mol. The molecule has 2 rings (SSSR count). The molecule has 0 amide bonds. The number of aliphatic hydroxyl groups is 1. The molecular formula is C9H17NO5. The van der Waals surface area contributed by atoms with Crippen LogP contribution in [0.15, 0.2) is 0 Å². The SMILES string of the molecule is CNC1OCC2O[C@H](OC)C(O)C[C@@H]2O1. The van der Waals surface area contributed by atoms with Crippen molar-refractivity contribution >= 4 is 0 Å². The number of hydrogen-bond donors (Lipinski definition) is 2. The Morgan fingerprint density at radius 2 is 2.13 bits per heavy atom. The molecule has 6 heteroatoms. The molecule has 2 aliphatic heterocycles. The smallest absolute Gasteiger partial charge is 0.216 e. The van der Waals surface area contributed by atoms with Crippen molar-refractivity contribution in [2.24, 2.45) is 0 Å². The Bertz CT molecular complexity index is 215. The van der Waals surface area contributed by atoms with Crippen molar-refractivity contribution in [1.82, 2.24) is 5.32 Å². The third-order valence-corrected chi connectivity index (χ3v) is 2.69. The molecule has 2 N–H and O–H groups in total. The van der Waals surface area contributed by atoms with E-state index in [1.165, 1.54) is 7.11 Å². The zero-order valence-electron chi connectivity index (χ0n) is 8.88. The summed E-state index contributed by atoms with van der Waals surface area (Å²) in [6.45, 7) is 0.447. The highest BCUT2D eigenvalue weighted by molar-refractivity contribution is 4.84. The first kappa shape index (κ1) is 11.3. The lowest BCUT2D eigenvalue weighted by molar-refractivity contribution is -0.334. The topological polar surface area (TPSA) is 69.2 Å². The molecule has 0 aromatic rings. The van der Waals surface area contributed by atoms with Crippen molar-refractivity contribution in [3.05, 3.63) is 0 Å². The van der Waals surface area contributed by atoms with Gasteiger partial charge in [0.15, 0.2) is 6.29 Å². The van der Waals surface area contributed by atoms with E-state index in [-0.39, 0.29) is 12.2 Å². The molecule has 6 nitrogen and oxygen atoms in total. The van der Waals surface area contributed by atoms with Gasteiger partial charge in [0, 0.05) is 13.5 Å². The van der Waals surface area contributed by atoms with Crippen LogP contribution in [0, 0.1) is 0 Å². The van der Waals surface area contributed by atoms with Crippen LogP contribution < -0.4 is 5.32 Å². The van der Waals surface area contributed by atoms with Crippen molar-refractivity contribution in [3.63, 3.8) is 0 Å². The number of aliphatic hydroxyl groups excluding tert-OH is 1. The highest BCUT2D eigenvalue weighted by atomic mass is 16.8.